The van der Waals surface area contributed by atoms with E-state index in [1.807, 2.05) is 36.4 Å². The van der Waals surface area contributed by atoms with E-state index in [0.717, 1.165) is 56.7 Å². The van der Waals surface area contributed by atoms with Gasteiger partial charge in [-0.2, -0.15) is 0 Å². The number of ether oxygens (including phenoxy) is 1. The van der Waals surface area contributed by atoms with Crippen LogP contribution in [0.15, 0.2) is 206 Å². The molecule has 0 radical (unpaired) electrons. The molecule has 0 amide bonds. The summed E-state index contributed by atoms with van der Waals surface area (Å²) in [6.07, 6.45) is 9.71. The van der Waals surface area contributed by atoms with Crippen LogP contribution in [-0.4, -0.2) is 15.0 Å². The molecule has 0 fully saturated rings. The predicted octanol–water partition coefficient (Wildman–Crippen LogP) is 12.6. The van der Waals surface area contributed by atoms with Crippen LogP contribution in [0.5, 0.6) is 5.75 Å². The van der Waals surface area contributed by atoms with E-state index in [1.165, 1.54) is 16.7 Å². The SMILES string of the molecule is C1=CCC(C2(c3ccccc3)Oc3cccc(-c4ccc(-c5nc(-c6ccccc6)nc(-c6ccc(-c7ccccc7)cc6)n5)cc4)c3-c3ccccc32)C=C1. The maximum absolute atomic E-state index is 7.36. The molecule has 0 bridgehead atoms. The molecule has 4 heteroatoms. The van der Waals surface area contributed by atoms with E-state index >= 15 is 0 Å². The summed E-state index contributed by atoms with van der Waals surface area (Å²) in [7, 11) is 0. The lowest BCUT2D eigenvalue weighted by atomic mass is 9.69. The molecule has 1 aliphatic carbocycles. The van der Waals surface area contributed by atoms with Crippen LogP contribution >= 0.6 is 0 Å². The fourth-order valence-electron chi connectivity index (χ4n) is 8.25. The standard InChI is InChI=1S/C52H37N3O/c1-5-16-36(17-6-1)37-28-32-40(33-29-37)50-53-49(39-18-7-2-8-19-39)54-51(55-50)41-34-30-38(31-35-41)44-25-15-27-47-48(44)45-24-13-14-26-46(45)52(56-47,42-20-9-3-10-21-42)43-22-11-4-12-23-43/h1-22,24-35,43H,23H2. The monoisotopic (exact) mass is 719 g/mol. The van der Waals surface area contributed by atoms with Crippen molar-refractivity contribution in [3.8, 4) is 73.3 Å². The molecule has 7 aromatic carbocycles. The molecule has 2 aliphatic rings. The van der Waals surface area contributed by atoms with Gasteiger partial charge in [0.2, 0.25) is 0 Å². The third-order valence-corrected chi connectivity index (χ3v) is 11.0. The highest BCUT2D eigenvalue weighted by Gasteiger charge is 2.48. The van der Waals surface area contributed by atoms with Gasteiger partial charge in [-0.1, -0.05) is 200 Å². The Morgan fingerprint density at radius 3 is 1.55 bits per heavy atom. The Labute approximate surface area is 327 Å². The fourth-order valence-corrected chi connectivity index (χ4v) is 8.25. The first kappa shape index (κ1) is 33.4. The molecular formula is C52H37N3O. The van der Waals surface area contributed by atoms with E-state index < -0.39 is 5.60 Å². The van der Waals surface area contributed by atoms with Gasteiger partial charge in [-0.15, -0.1) is 0 Å². The quantitative estimate of drug-likeness (QED) is 0.165. The van der Waals surface area contributed by atoms with Crippen molar-refractivity contribution in [2.24, 2.45) is 5.92 Å². The summed E-state index contributed by atoms with van der Waals surface area (Å²) >= 11 is 0. The van der Waals surface area contributed by atoms with Crippen LogP contribution in [0.3, 0.4) is 0 Å². The molecule has 2 heterocycles. The number of benzene rings is 7. The van der Waals surface area contributed by atoms with Crippen molar-refractivity contribution in [1.29, 1.82) is 0 Å². The summed E-state index contributed by atoms with van der Waals surface area (Å²) in [5.74, 6) is 2.90. The van der Waals surface area contributed by atoms with E-state index in [-0.39, 0.29) is 5.92 Å². The van der Waals surface area contributed by atoms with Crippen LogP contribution in [0.2, 0.25) is 0 Å². The fraction of sp³-hybridized carbons (Fsp3) is 0.0577. The van der Waals surface area contributed by atoms with Crippen molar-refractivity contribution >= 4 is 0 Å². The second-order valence-electron chi connectivity index (χ2n) is 14.3. The minimum absolute atomic E-state index is 0.125. The van der Waals surface area contributed by atoms with Gasteiger partial charge >= 0.3 is 0 Å². The van der Waals surface area contributed by atoms with Gasteiger partial charge in [0.05, 0.1) is 0 Å². The third kappa shape index (κ3) is 5.93. The number of hydrogen-bond acceptors (Lipinski definition) is 4. The molecule has 2 unspecified atom stereocenters. The van der Waals surface area contributed by atoms with Crippen molar-refractivity contribution in [2.45, 2.75) is 12.0 Å². The van der Waals surface area contributed by atoms with Gasteiger partial charge in [-0.25, -0.2) is 15.0 Å². The first-order valence-corrected chi connectivity index (χ1v) is 19.1. The summed E-state index contributed by atoms with van der Waals surface area (Å²) in [6.45, 7) is 0. The minimum atomic E-state index is -0.677. The number of hydrogen-bond donors (Lipinski definition) is 0. The minimum Gasteiger partial charge on any atom is -0.476 e. The van der Waals surface area contributed by atoms with Crippen molar-refractivity contribution in [3.05, 3.63) is 217 Å². The maximum atomic E-state index is 7.36. The Balaban J connectivity index is 1.05. The summed E-state index contributed by atoms with van der Waals surface area (Å²) in [5.41, 5.74) is 11.2. The average Bonchev–Trinajstić information content (AvgIpc) is 3.29. The van der Waals surface area contributed by atoms with Crippen LogP contribution in [0, 0.1) is 5.92 Å². The molecule has 8 aromatic rings. The van der Waals surface area contributed by atoms with Crippen LogP contribution in [0.25, 0.3) is 67.5 Å². The van der Waals surface area contributed by atoms with Crippen molar-refractivity contribution in [3.63, 3.8) is 0 Å². The highest BCUT2D eigenvalue weighted by molar-refractivity contribution is 5.91. The zero-order valence-corrected chi connectivity index (χ0v) is 30.7. The average molecular weight is 720 g/mol. The van der Waals surface area contributed by atoms with Crippen LogP contribution in [0.4, 0.5) is 0 Å². The number of nitrogens with zero attached hydrogens (tertiary/aromatic N) is 3. The topological polar surface area (TPSA) is 47.9 Å². The van der Waals surface area contributed by atoms with Gasteiger partial charge in [0.25, 0.3) is 0 Å². The Hall–Kier alpha value is -7.17. The second-order valence-corrected chi connectivity index (χ2v) is 14.3. The molecule has 0 saturated heterocycles. The number of rotatable bonds is 7. The van der Waals surface area contributed by atoms with Crippen molar-refractivity contribution in [2.75, 3.05) is 0 Å². The number of aromatic nitrogens is 3. The molecule has 10 rings (SSSR count). The Kier molecular flexibility index (Phi) is 8.49. The van der Waals surface area contributed by atoms with Crippen LogP contribution in [0.1, 0.15) is 17.5 Å². The molecule has 2 atom stereocenters. The highest BCUT2D eigenvalue weighted by Crippen LogP contribution is 2.55. The Morgan fingerprint density at radius 2 is 0.929 bits per heavy atom. The van der Waals surface area contributed by atoms with Crippen LogP contribution < -0.4 is 4.74 Å². The first-order chi connectivity index (χ1) is 27.7. The largest absolute Gasteiger partial charge is 0.476 e. The van der Waals surface area contributed by atoms with Gasteiger partial charge in [0.1, 0.15) is 5.75 Å². The number of allylic oxidation sites excluding steroid dienone is 3. The van der Waals surface area contributed by atoms with E-state index in [9.17, 15) is 0 Å². The van der Waals surface area contributed by atoms with Gasteiger partial charge < -0.3 is 4.74 Å². The number of fused-ring (bicyclic) bond motifs is 3. The highest BCUT2D eigenvalue weighted by atomic mass is 16.5. The molecule has 0 spiro atoms. The molecule has 1 aromatic heterocycles. The van der Waals surface area contributed by atoms with Gasteiger partial charge in [0, 0.05) is 39.3 Å². The molecule has 266 valence electrons. The van der Waals surface area contributed by atoms with Crippen molar-refractivity contribution in [1.82, 2.24) is 15.0 Å². The van der Waals surface area contributed by atoms with E-state index in [1.54, 1.807) is 0 Å². The first-order valence-electron chi connectivity index (χ1n) is 19.1. The normalized spacial score (nSPS) is 16.8. The molecule has 0 saturated carbocycles. The lowest BCUT2D eigenvalue weighted by Crippen LogP contribution is -2.44. The second kappa shape index (κ2) is 14.2. The van der Waals surface area contributed by atoms with E-state index in [0.29, 0.717) is 17.5 Å². The molecule has 4 nitrogen and oxygen atoms in total. The van der Waals surface area contributed by atoms with E-state index in [2.05, 4.69) is 170 Å². The predicted molar refractivity (Wildman–Crippen MR) is 227 cm³/mol. The Bertz CT molecular complexity index is 2720. The van der Waals surface area contributed by atoms with Gasteiger partial charge in [0.15, 0.2) is 23.1 Å². The maximum Gasteiger partial charge on any atom is 0.166 e. The molecule has 1 aliphatic heterocycles. The Morgan fingerprint density at radius 1 is 0.429 bits per heavy atom. The third-order valence-electron chi connectivity index (χ3n) is 11.0. The van der Waals surface area contributed by atoms with Gasteiger partial charge in [-0.3, -0.25) is 0 Å². The summed E-state index contributed by atoms with van der Waals surface area (Å²) in [5, 5.41) is 0. The smallest absolute Gasteiger partial charge is 0.166 e. The molecule has 0 N–H and O–H groups in total. The zero-order valence-electron chi connectivity index (χ0n) is 30.7. The van der Waals surface area contributed by atoms with Gasteiger partial charge in [-0.05, 0) is 40.3 Å². The van der Waals surface area contributed by atoms with Crippen molar-refractivity contribution < 1.29 is 4.74 Å². The summed E-state index contributed by atoms with van der Waals surface area (Å²) in [6, 6.07) is 63.4. The van der Waals surface area contributed by atoms with E-state index in [4.69, 9.17) is 19.7 Å². The lowest BCUT2D eigenvalue weighted by Gasteiger charge is -2.45. The molecule has 56 heavy (non-hydrogen) atoms. The lowest BCUT2D eigenvalue weighted by molar-refractivity contribution is 0.0624. The zero-order chi connectivity index (χ0) is 37.3. The van der Waals surface area contributed by atoms with Crippen LogP contribution in [-0.2, 0) is 5.60 Å². The molecular weight excluding hydrogens is 683 g/mol. The summed E-state index contributed by atoms with van der Waals surface area (Å²) < 4.78 is 7.36. The summed E-state index contributed by atoms with van der Waals surface area (Å²) in [4.78, 5) is 15.0.